The Bertz CT molecular complexity index is 381. The third-order valence-corrected chi connectivity index (χ3v) is 3.31. The van der Waals surface area contributed by atoms with Crippen molar-refractivity contribution in [2.45, 2.75) is 40.0 Å². The maximum atomic E-state index is 12.9. The highest BCUT2D eigenvalue weighted by Gasteiger charge is 2.14. The van der Waals surface area contributed by atoms with Crippen molar-refractivity contribution in [3.63, 3.8) is 0 Å². The number of allylic oxidation sites excluding steroid dienone is 4. The molecule has 18 heavy (non-hydrogen) atoms. The molecule has 1 heterocycles. The van der Waals surface area contributed by atoms with E-state index in [1.54, 1.807) is 13.0 Å². The van der Waals surface area contributed by atoms with Crippen molar-refractivity contribution in [3.8, 4) is 0 Å². The molecule has 1 aliphatic rings. The molecule has 0 saturated carbocycles. The number of halogens is 1. The summed E-state index contributed by atoms with van der Waals surface area (Å²) in [6.07, 6.45) is 9.05. The first kappa shape index (κ1) is 14.7. The van der Waals surface area contributed by atoms with E-state index >= 15 is 0 Å². The molecule has 1 saturated heterocycles. The zero-order chi connectivity index (χ0) is 13.5. The Labute approximate surface area is 109 Å². The maximum absolute atomic E-state index is 12.9. The van der Waals surface area contributed by atoms with Gasteiger partial charge in [-0.25, -0.2) is 4.39 Å². The monoisotopic (exact) mass is 250 g/mol. The number of hydrogen-bond acceptors (Lipinski definition) is 1. The lowest BCUT2D eigenvalue weighted by atomic mass is 10.1. The molecule has 0 amide bonds. The van der Waals surface area contributed by atoms with Crippen LogP contribution in [0.4, 0.5) is 4.39 Å². The van der Waals surface area contributed by atoms with Gasteiger partial charge < -0.3 is 4.90 Å². The number of amidine groups is 1. The summed E-state index contributed by atoms with van der Waals surface area (Å²) in [7, 11) is 0. The van der Waals surface area contributed by atoms with Gasteiger partial charge in [-0.2, -0.15) is 0 Å². The van der Waals surface area contributed by atoms with Gasteiger partial charge in [0.1, 0.15) is 5.84 Å². The summed E-state index contributed by atoms with van der Waals surface area (Å²) >= 11 is 0. The van der Waals surface area contributed by atoms with Crippen LogP contribution in [0.1, 0.15) is 40.0 Å². The molecule has 0 unspecified atom stereocenters. The fourth-order valence-corrected chi connectivity index (χ4v) is 1.94. The van der Waals surface area contributed by atoms with E-state index in [4.69, 9.17) is 5.41 Å². The fraction of sp³-hybridized carbons (Fsp3) is 0.533. The van der Waals surface area contributed by atoms with E-state index in [9.17, 15) is 4.39 Å². The summed E-state index contributed by atoms with van der Waals surface area (Å²) in [4.78, 5) is 2.10. The number of hydrogen-bond donors (Lipinski definition) is 1. The van der Waals surface area contributed by atoms with Crippen molar-refractivity contribution >= 4 is 5.84 Å². The second-order valence-corrected chi connectivity index (χ2v) is 4.69. The Balaban J connectivity index is 2.72. The molecule has 0 radical (unpaired) electrons. The highest BCUT2D eigenvalue weighted by Crippen LogP contribution is 2.14. The molecule has 3 heteroatoms. The standard InChI is InChI=1S/C15H23FN2/c1-4-14(9-8-12(2)13(3)16)15(17)18-10-6-5-7-11-18/h4,8-9,17H,5-7,10-11H2,1-3H3/b9-8-,13-12+,14-4+,17-15?. The van der Waals surface area contributed by atoms with Gasteiger partial charge in [0.15, 0.2) is 0 Å². The molecule has 1 rings (SSSR count). The van der Waals surface area contributed by atoms with Crippen LogP contribution in [0.5, 0.6) is 0 Å². The van der Waals surface area contributed by atoms with E-state index < -0.39 is 0 Å². The predicted octanol–water partition coefficient (Wildman–Crippen LogP) is 4.22. The van der Waals surface area contributed by atoms with Crippen molar-refractivity contribution in [1.29, 1.82) is 5.41 Å². The third-order valence-electron chi connectivity index (χ3n) is 3.31. The Kier molecular flexibility index (Phi) is 5.83. The topological polar surface area (TPSA) is 27.1 Å². The lowest BCUT2D eigenvalue weighted by Gasteiger charge is -2.29. The largest absolute Gasteiger partial charge is 0.357 e. The highest BCUT2D eigenvalue weighted by molar-refractivity contribution is 5.98. The summed E-state index contributed by atoms with van der Waals surface area (Å²) in [5.41, 5.74) is 1.47. The van der Waals surface area contributed by atoms with Crippen LogP contribution in [0.3, 0.4) is 0 Å². The Morgan fingerprint density at radius 2 is 1.72 bits per heavy atom. The van der Waals surface area contributed by atoms with E-state index in [2.05, 4.69) is 4.90 Å². The number of nitrogens with zero attached hydrogens (tertiary/aromatic N) is 1. The van der Waals surface area contributed by atoms with Gasteiger partial charge in [-0.1, -0.05) is 18.2 Å². The van der Waals surface area contributed by atoms with Gasteiger partial charge in [-0.3, -0.25) is 5.41 Å². The molecule has 100 valence electrons. The SMILES string of the molecule is C\C=C(/C=C\C(C)=C(/C)F)C(=N)N1CCCCC1. The van der Waals surface area contributed by atoms with Crippen LogP contribution < -0.4 is 0 Å². The summed E-state index contributed by atoms with van der Waals surface area (Å²) in [6, 6.07) is 0. The van der Waals surface area contributed by atoms with Gasteiger partial charge in [-0.05, 0) is 45.6 Å². The van der Waals surface area contributed by atoms with E-state index in [0.717, 1.165) is 31.5 Å². The summed E-state index contributed by atoms with van der Waals surface area (Å²) in [5, 5.41) is 8.19. The minimum absolute atomic E-state index is 0.175. The molecule has 1 fully saturated rings. The van der Waals surface area contributed by atoms with Crippen LogP contribution in [0.15, 0.2) is 35.2 Å². The van der Waals surface area contributed by atoms with Gasteiger partial charge >= 0.3 is 0 Å². The summed E-state index contributed by atoms with van der Waals surface area (Å²) < 4.78 is 12.9. The summed E-state index contributed by atoms with van der Waals surface area (Å²) in [6.45, 7) is 7.02. The van der Waals surface area contributed by atoms with Gasteiger partial charge in [0, 0.05) is 18.7 Å². The second kappa shape index (κ2) is 7.14. The first-order valence-electron chi connectivity index (χ1n) is 6.57. The summed E-state index contributed by atoms with van der Waals surface area (Å²) in [5.74, 6) is 0.379. The lowest BCUT2D eigenvalue weighted by Crippen LogP contribution is -2.35. The molecule has 0 spiro atoms. The average molecular weight is 250 g/mol. The Morgan fingerprint density at radius 1 is 1.11 bits per heavy atom. The molecule has 0 bridgehead atoms. The highest BCUT2D eigenvalue weighted by atomic mass is 19.1. The van der Waals surface area contributed by atoms with E-state index in [1.165, 1.54) is 13.3 Å². The molecule has 1 N–H and O–H groups in total. The van der Waals surface area contributed by atoms with Gasteiger partial charge in [0.2, 0.25) is 0 Å². The Hall–Kier alpha value is -1.38. The smallest absolute Gasteiger partial charge is 0.127 e. The minimum Gasteiger partial charge on any atom is -0.357 e. The molecule has 0 aliphatic carbocycles. The molecule has 2 nitrogen and oxygen atoms in total. The molecule has 0 aromatic rings. The Morgan fingerprint density at radius 3 is 2.22 bits per heavy atom. The van der Waals surface area contributed by atoms with Crippen molar-refractivity contribution in [2.75, 3.05) is 13.1 Å². The molecule has 0 aromatic carbocycles. The van der Waals surface area contributed by atoms with Crippen LogP contribution in [0.25, 0.3) is 0 Å². The second-order valence-electron chi connectivity index (χ2n) is 4.69. The number of likely N-dealkylation sites (tertiary alicyclic amines) is 1. The molecular weight excluding hydrogens is 227 g/mol. The van der Waals surface area contributed by atoms with Gasteiger partial charge in [0.05, 0.1) is 5.83 Å². The van der Waals surface area contributed by atoms with Crippen molar-refractivity contribution in [2.24, 2.45) is 0 Å². The zero-order valence-corrected chi connectivity index (χ0v) is 11.6. The minimum atomic E-state index is -0.175. The lowest BCUT2D eigenvalue weighted by molar-refractivity contribution is 0.341. The van der Waals surface area contributed by atoms with E-state index in [1.807, 2.05) is 19.1 Å². The van der Waals surface area contributed by atoms with Gasteiger partial charge in [0.25, 0.3) is 0 Å². The van der Waals surface area contributed by atoms with Crippen molar-refractivity contribution in [1.82, 2.24) is 4.90 Å². The number of nitrogens with one attached hydrogen (secondary N) is 1. The fourth-order valence-electron chi connectivity index (χ4n) is 1.94. The van der Waals surface area contributed by atoms with E-state index in [0.29, 0.717) is 11.4 Å². The maximum Gasteiger partial charge on any atom is 0.127 e. The first-order chi connectivity index (χ1) is 8.56. The normalized spacial score (nSPS) is 19.1. The quantitative estimate of drug-likeness (QED) is 0.453. The van der Waals surface area contributed by atoms with Crippen LogP contribution in [-0.2, 0) is 0 Å². The van der Waals surface area contributed by atoms with E-state index in [-0.39, 0.29) is 5.83 Å². The number of piperidine rings is 1. The number of rotatable bonds is 3. The average Bonchev–Trinajstić information content (AvgIpc) is 2.39. The third kappa shape index (κ3) is 4.13. The first-order valence-corrected chi connectivity index (χ1v) is 6.57. The predicted molar refractivity (Wildman–Crippen MR) is 75.5 cm³/mol. The molecule has 0 atom stereocenters. The molecule has 1 aliphatic heterocycles. The van der Waals surface area contributed by atoms with Crippen molar-refractivity contribution < 1.29 is 4.39 Å². The zero-order valence-electron chi connectivity index (χ0n) is 11.6. The van der Waals surface area contributed by atoms with Crippen LogP contribution >= 0.6 is 0 Å². The van der Waals surface area contributed by atoms with Crippen molar-refractivity contribution in [3.05, 3.63) is 35.2 Å². The molecular formula is C15H23FN2. The van der Waals surface area contributed by atoms with Crippen LogP contribution in [-0.4, -0.2) is 23.8 Å². The van der Waals surface area contributed by atoms with Crippen LogP contribution in [0, 0.1) is 5.41 Å². The van der Waals surface area contributed by atoms with Crippen LogP contribution in [0.2, 0.25) is 0 Å². The molecule has 0 aromatic heterocycles. The van der Waals surface area contributed by atoms with Gasteiger partial charge in [-0.15, -0.1) is 0 Å².